The molecule has 1 aromatic heterocycles. The van der Waals surface area contributed by atoms with Crippen molar-refractivity contribution in [2.45, 2.75) is 30.9 Å². The highest BCUT2D eigenvalue weighted by Crippen LogP contribution is 2.34. The van der Waals surface area contributed by atoms with Crippen molar-refractivity contribution in [3.05, 3.63) is 78.1 Å². The van der Waals surface area contributed by atoms with Crippen molar-refractivity contribution in [2.75, 3.05) is 13.2 Å². The van der Waals surface area contributed by atoms with Crippen LogP contribution in [0.4, 0.5) is 0 Å². The van der Waals surface area contributed by atoms with Gasteiger partial charge in [-0.05, 0) is 24.3 Å². The minimum Gasteiger partial charge on any atom is -0.487 e. The molecule has 1 amide bonds. The highest BCUT2D eigenvalue weighted by Gasteiger charge is 2.49. The summed E-state index contributed by atoms with van der Waals surface area (Å²) < 4.78 is 19.4. The van der Waals surface area contributed by atoms with Crippen LogP contribution in [-0.2, 0) is 16.1 Å². The van der Waals surface area contributed by atoms with Crippen LogP contribution in [0.1, 0.15) is 22.1 Å². The van der Waals surface area contributed by atoms with Gasteiger partial charge in [-0.25, -0.2) is 4.68 Å². The molecule has 0 saturated carbocycles. The molecule has 8 heteroatoms. The van der Waals surface area contributed by atoms with Crippen molar-refractivity contribution >= 4 is 5.91 Å². The maximum Gasteiger partial charge on any atom is 0.251 e. The lowest BCUT2D eigenvalue weighted by atomic mass is 10.1. The molecule has 0 bridgehead atoms. The lowest BCUT2D eigenvalue weighted by Crippen LogP contribution is -2.44. The predicted molar refractivity (Wildman–Crippen MR) is 107 cm³/mol. The fraction of sp³-hybridized carbons (Fsp3) is 0.318. The van der Waals surface area contributed by atoms with Crippen LogP contribution in [0.25, 0.3) is 0 Å². The van der Waals surface area contributed by atoms with E-state index in [-0.39, 0.29) is 30.2 Å². The van der Waals surface area contributed by atoms with Crippen molar-refractivity contribution in [1.29, 1.82) is 0 Å². The predicted octanol–water partition coefficient (Wildman–Crippen LogP) is 1.99. The number of hydrogen-bond donors (Lipinski definition) is 1. The van der Waals surface area contributed by atoms with Crippen LogP contribution < -0.4 is 10.1 Å². The highest BCUT2D eigenvalue weighted by molar-refractivity contribution is 5.94. The fourth-order valence-corrected chi connectivity index (χ4v) is 3.89. The number of ether oxygens (including phenoxy) is 3. The molecular weight excluding hydrogens is 384 g/mol. The molecule has 0 radical (unpaired) electrons. The van der Waals surface area contributed by atoms with Crippen LogP contribution >= 0.6 is 0 Å². The summed E-state index contributed by atoms with van der Waals surface area (Å²) >= 11 is 0. The Kier molecular flexibility index (Phi) is 5.17. The second-order valence-corrected chi connectivity index (χ2v) is 7.40. The molecule has 3 aromatic rings. The van der Waals surface area contributed by atoms with Crippen LogP contribution in [-0.4, -0.2) is 52.4 Å². The Hall–Kier alpha value is -3.23. The number of rotatable bonds is 6. The molecule has 4 atom stereocenters. The molecule has 154 valence electrons. The molecule has 30 heavy (non-hydrogen) atoms. The Morgan fingerprint density at radius 1 is 1.03 bits per heavy atom. The SMILES string of the molecule is O=C(N[C@@H]1CO[C@@H]2[C@@H]1OC[C@@H]2n1cc(COc2ccccc2)nn1)c1ccccc1. The van der Waals surface area contributed by atoms with E-state index in [0.29, 0.717) is 25.4 Å². The molecule has 3 heterocycles. The molecule has 0 spiro atoms. The first kappa shape index (κ1) is 18.8. The number of benzene rings is 2. The van der Waals surface area contributed by atoms with E-state index in [0.717, 1.165) is 11.4 Å². The van der Waals surface area contributed by atoms with Crippen LogP contribution in [0.15, 0.2) is 66.9 Å². The van der Waals surface area contributed by atoms with Crippen LogP contribution in [0.2, 0.25) is 0 Å². The van der Waals surface area contributed by atoms with Gasteiger partial charge in [0, 0.05) is 5.56 Å². The van der Waals surface area contributed by atoms with Gasteiger partial charge in [-0.2, -0.15) is 0 Å². The van der Waals surface area contributed by atoms with E-state index in [2.05, 4.69) is 15.6 Å². The first-order valence-corrected chi connectivity index (χ1v) is 9.95. The second-order valence-electron chi connectivity index (χ2n) is 7.40. The van der Waals surface area contributed by atoms with Gasteiger partial charge < -0.3 is 19.5 Å². The van der Waals surface area contributed by atoms with E-state index < -0.39 is 0 Å². The van der Waals surface area contributed by atoms with Gasteiger partial charge in [0.05, 0.1) is 25.5 Å². The summed E-state index contributed by atoms with van der Waals surface area (Å²) in [4.78, 5) is 12.5. The van der Waals surface area contributed by atoms with Gasteiger partial charge in [-0.15, -0.1) is 5.10 Å². The number of nitrogens with zero attached hydrogens (tertiary/aromatic N) is 3. The number of nitrogens with one attached hydrogen (secondary N) is 1. The normalized spacial score (nSPS) is 25.1. The molecule has 2 aliphatic heterocycles. The summed E-state index contributed by atoms with van der Waals surface area (Å²) in [7, 11) is 0. The lowest BCUT2D eigenvalue weighted by molar-refractivity contribution is 0.0613. The summed E-state index contributed by atoms with van der Waals surface area (Å²) in [5.41, 5.74) is 1.35. The molecule has 2 saturated heterocycles. The Balaban J connectivity index is 1.20. The van der Waals surface area contributed by atoms with Crippen molar-refractivity contribution in [3.8, 4) is 5.75 Å². The Labute approximate surface area is 173 Å². The van der Waals surface area contributed by atoms with Crippen LogP contribution in [0, 0.1) is 0 Å². The number of carbonyl (C=O) groups excluding carboxylic acids is 1. The molecule has 0 unspecified atom stereocenters. The third-order valence-corrected chi connectivity index (χ3v) is 5.41. The van der Waals surface area contributed by atoms with Gasteiger partial charge in [0.1, 0.15) is 36.3 Å². The number of carbonyl (C=O) groups is 1. The minimum absolute atomic E-state index is 0.0911. The number of fused-ring (bicyclic) bond motifs is 1. The average Bonchev–Trinajstić information content (AvgIpc) is 3.51. The van der Waals surface area contributed by atoms with Gasteiger partial charge in [-0.3, -0.25) is 4.79 Å². The van der Waals surface area contributed by atoms with E-state index in [9.17, 15) is 4.79 Å². The zero-order valence-electron chi connectivity index (χ0n) is 16.3. The zero-order valence-corrected chi connectivity index (χ0v) is 16.3. The molecule has 8 nitrogen and oxygen atoms in total. The first-order chi connectivity index (χ1) is 14.8. The quantitative estimate of drug-likeness (QED) is 0.674. The number of amides is 1. The summed E-state index contributed by atoms with van der Waals surface area (Å²) in [6.45, 7) is 1.20. The van der Waals surface area contributed by atoms with E-state index in [1.54, 1.807) is 16.8 Å². The van der Waals surface area contributed by atoms with Crippen molar-refractivity contribution in [2.24, 2.45) is 0 Å². The van der Waals surface area contributed by atoms with Gasteiger partial charge in [-0.1, -0.05) is 41.6 Å². The molecule has 2 fully saturated rings. The minimum atomic E-state index is -0.212. The Morgan fingerprint density at radius 3 is 2.57 bits per heavy atom. The van der Waals surface area contributed by atoms with Gasteiger partial charge in [0.2, 0.25) is 0 Å². The average molecular weight is 406 g/mol. The molecule has 5 rings (SSSR count). The highest BCUT2D eigenvalue weighted by atomic mass is 16.6. The topological polar surface area (TPSA) is 87.5 Å². The fourth-order valence-electron chi connectivity index (χ4n) is 3.89. The van der Waals surface area contributed by atoms with Crippen molar-refractivity contribution in [1.82, 2.24) is 20.3 Å². The maximum absolute atomic E-state index is 12.5. The summed E-state index contributed by atoms with van der Waals surface area (Å²) in [5, 5.41) is 11.5. The van der Waals surface area contributed by atoms with Gasteiger partial charge >= 0.3 is 0 Å². The number of aromatic nitrogens is 3. The van der Waals surface area contributed by atoms with E-state index >= 15 is 0 Å². The smallest absolute Gasteiger partial charge is 0.251 e. The monoisotopic (exact) mass is 406 g/mol. The van der Waals surface area contributed by atoms with E-state index in [4.69, 9.17) is 14.2 Å². The lowest BCUT2D eigenvalue weighted by Gasteiger charge is -2.17. The Morgan fingerprint density at radius 2 is 1.77 bits per heavy atom. The van der Waals surface area contributed by atoms with Gasteiger partial charge in [0.15, 0.2) is 0 Å². The second kappa shape index (κ2) is 8.25. The third kappa shape index (κ3) is 3.79. The molecule has 1 N–H and O–H groups in total. The Bertz CT molecular complexity index is 995. The molecule has 2 aliphatic rings. The summed E-state index contributed by atoms with van der Waals surface area (Å²) in [5.74, 6) is 0.658. The van der Waals surface area contributed by atoms with Crippen molar-refractivity contribution < 1.29 is 19.0 Å². The van der Waals surface area contributed by atoms with Crippen LogP contribution in [0.5, 0.6) is 5.75 Å². The largest absolute Gasteiger partial charge is 0.487 e. The van der Waals surface area contributed by atoms with E-state index in [1.165, 1.54) is 0 Å². The summed E-state index contributed by atoms with van der Waals surface area (Å²) in [6.07, 6.45) is 1.46. The zero-order chi connectivity index (χ0) is 20.3. The number of hydrogen-bond acceptors (Lipinski definition) is 6. The third-order valence-electron chi connectivity index (χ3n) is 5.41. The maximum atomic E-state index is 12.5. The first-order valence-electron chi connectivity index (χ1n) is 9.95. The number of para-hydroxylation sites is 1. The van der Waals surface area contributed by atoms with Crippen LogP contribution in [0.3, 0.4) is 0 Å². The van der Waals surface area contributed by atoms with Crippen molar-refractivity contribution in [3.63, 3.8) is 0 Å². The van der Waals surface area contributed by atoms with Gasteiger partial charge in [0.25, 0.3) is 5.91 Å². The van der Waals surface area contributed by atoms with E-state index in [1.807, 2.05) is 54.7 Å². The molecule has 0 aliphatic carbocycles. The molecule has 2 aromatic carbocycles. The summed E-state index contributed by atoms with van der Waals surface area (Å²) in [6, 6.07) is 18.4. The standard InChI is InChI=1S/C22H22N4O4/c27-22(15-7-3-1-4-8-15)23-18-13-29-21-19(14-30-20(18)21)26-11-16(24-25-26)12-28-17-9-5-2-6-10-17/h1-11,18-21H,12-14H2,(H,23,27)/t18-,19+,20-,21+/m1/s1. The molecular formula is C22H22N4O4.